The van der Waals surface area contributed by atoms with Crippen molar-refractivity contribution in [1.82, 2.24) is 4.98 Å². The maximum Gasteiger partial charge on any atom is 0.226 e. The Hall–Kier alpha value is -1.68. The summed E-state index contributed by atoms with van der Waals surface area (Å²) < 4.78 is 0. The van der Waals surface area contributed by atoms with Crippen LogP contribution < -0.4 is 5.32 Å². The van der Waals surface area contributed by atoms with Gasteiger partial charge < -0.3 is 5.32 Å². The molecule has 1 aromatic carbocycles. The molecule has 0 atom stereocenters. The van der Waals surface area contributed by atoms with Gasteiger partial charge in [0.2, 0.25) is 5.91 Å². The molecule has 0 saturated carbocycles. The molecular weight excluding hydrogens is 268 g/mol. The van der Waals surface area contributed by atoms with Gasteiger partial charge in [-0.15, -0.1) is 11.3 Å². The summed E-state index contributed by atoms with van der Waals surface area (Å²) in [4.78, 5) is 17.8. The summed E-state index contributed by atoms with van der Waals surface area (Å²) in [5, 5.41) is 3.71. The number of fused-ring (bicyclic) bond motifs is 1. The zero-order valence-electron chi connectivity index (χ0n) is 11.4. The minimum Gasteiger partial charge on any atom is -0.302 e. The largest absolute Gasteiger partial charge is 0.302 e. The molecule has 0 aliphatic heterocycles. The first-order valence-electron chi connectivity index (χ1n) is 7.13. The monoisotopic (exact) mass is 286 g/mol. The molecule has 0 bridgehead atoms. The van der Waals surface area contributed by atoms with Crippen molar-refractivity contribution in [3.63, 3.8) is 0 Å². The van der Waals surface area contributed by atoms with E-state index in [4.69, 9.17) is 0 Å². The van der Waals surface area contributed by atoms with Gasteiger partial charge in [-0.3, -0.25) is 4.79 Å². The van der Waals surface area contributed by atoms with E-state index < -0.39 is 0 Å². The molecule has 1 aromatic heterocycles. The summed E-state index contributed by atoms with van der Waals surface area (Å²) in [5.74, 6) is 0.0555. The second kappa shape index (κ2) is 6.18. The molecule has 1 aliphatic carbocycles. The lowest BCUT2D eigenvalue weighted by Gasteiger charge is -2.06. The molecule has 1 N–H and O–H groups in total. The van der Waals surface area contributed by atoms with E-state index in [0.717, 1.165) is 24.4 Å². The molecule has 20 heavy (non-hydrogen) atoms. The smallest absolute Gasteiger partial charge is 0.226 e. The molecule has 1 amide bonds. The topological polar surface area (TPSA) is 42.0 Å². The van der Waals surface area contributed by atoms with Crippen LogP contribution in [0.15, 0.2) is 30.3 Å². The lowest BCUT2D eigenvalue weighted by atomic mass is 10.0. The molecule has 4 heteroatoms. The minimum absolute atomic E-state index is 0.0555. The minimum atomic E-state index is 0.0555. The molecule has 0 unspecified atom stereocenters. The number of amides is 1. The first-order chi connectivity index (χ1) is 9.81. The summed E-state index contributed by atoms with van der Waals surface area (Å²) in [5.41, 5.74) is 2.39. The summed E-state index contributed by atoms with van der Waals surface area (Å²) in [7, 11) is 0. The van der Waals surface area contributed by atoms with Gasteiger partial charge in [-0.1, -0.05) is 30.3 Å². The highest BCUT2D eigenvalue weighted by Crippen LogP contribution is 2.29. The molecule has 0 spiro atoms. The van der Waals surface area contributed by atoms with E-state index in [-0.39, 0.29) is 5.91 Å². The van der Waals surface area contributed by atoms with Crippen molar-refractivity contribution >= 4 is 22.4 Å². The maximum atomic E-state index is 12.0. The highest BCUT2D eigenvalue weighted by atomic mass is 32.1. The van der Waals surface area contributed by atoms with Crippen molar-refractivity contribution in [2.24, 2.45) is 0 Å². The fourth-order valence-electron chi connectivity index (χ4n) is 2.49. The zero-order valence-corrected chi connectivity index (χ0v) is 12.2. The third-order valence-corrected chi connectivity index (χ3v) is 4.65. The van der Waals surface area contributed by atoms with Gasteiger partial charge in [-0.25, -0.2) is 4.98 Å². The van der Waals surface area contributed by atoms with Gasteiger partial charge in [0.15, 0.2) is 5.13 Å². The normalized spacial score (nSPS) is 13.8. The van der Waals surface area contributed by atoms with Crippen LogP contribution in [0.4, 0.5) is 5.13 Å². The van der Waals surface area contributed by atoms with Crippen molar-refractivity contribution < 1.29 is 4.79 Å². The van der Waals surface area contributed by atoms with Crippen molar-refractivity contribution in [2.75, 3.05) is 5.32 Å². The van der Waals surface area contributed by atoms with Crippen LogP contribution in [-0.2, 0) is 24.1 Å². The Balaban J connectivity index is 1.55. The molecule has 1 aliphatic rings. The Bertz CT molecular complexity index is 568. The van der Waals surface area contributed by atoms with E-state index in [9.17, 15) is 4.79 Å². The van der Waals surface area contributed by atoms with Crippen molar-refractivity contribution in [3.05, 3.63) is 46.5 Å². The van der Waals surface area contributed by atoms with Crippen LogP contribution in [0.3, 0.4) is 0 Å². The van der Waals surface area contributed by atoms with Gasteiger partial charge >= 0.3 is 0 Å². The highest BCUT2D eigenvalue weighted by Gasteiger charge is 2.16. The van der Waals surface area contributed by atoms with Gasteiger partial charge in [0.25, 0.3) is 0 Å². The van der Waals surface area contributed by atoms with Gasteiger partial charge in [0, 0.05) is 11.3 Å². The number of carbonyl (C=O) groups is 1. The van der Waals surface area contributed by atoms with E-state index in [0.29, 0.717) is 6.42 Å². The van der Waals surface area contributed by atoms with Gasteiger partial charge in [-0.2, -0.15) is 0 Å². The van der Waals surface area contributed by atoms with Crippen LogP contribution in [0, 0.1) is 0 Å². The number of anilines is 1. The number of thiazole rings is 1. The summed E-state index contributed by atoms with van der Waals surface area (Å²) >= 11 is 1.64. The van der Waals surface area contributed by atoms with E-state index >= 15 is 0 Å². The lowest BCUT2D eigenvalue weighted by Crippen LogP contribution is -2.12. The Morgan fingerprint density at radius 2 is 2.00 bits per heavy atom. The van der Waals surface area contributed by atoms with Gasteiger partial charge in [0.05, 0.1) is 5.69 Å². The number of carbonyl (C=O) groups excluding carboxylic acids is 1. The third-order valence-electron chi connectivity index (χ3n) is 3.58. The molecule has 0 saturated heterocycles. The van der Waals surface area contributed by atoms with Crippen LogP contribution in [0.5, 0.6) is 0 Å². The number of aromatic nitrogens is 1. The van der Waals surface area contributed by atoms with Crippen molar-refractivity contribution in [1.29, 1.82) is 0 Å². The van der Waals surface area contributed by atoms with Gasteiger partial charge in [-0.05, 0) is 37.7 Å². The standard InChI is InChI=1S/C16H18N2OS/c19-15(11-10-12-6-2-1-3-7-12)18-16-17-13-8-4-5-9-14(13)20-16/h1-3,6-7H,4-5,8-11H2,(H,17,18,19). The van der Waals surface area contributed by atoms with E-state index in [1.165, 1.54) is 29.0 Å². The van der Waals surface area contributed by atoms with E-state index in [2.05, 4.69) is 22.4 Å². The average molecular weight is 286 g/mol. The predicted molar refractivity (Wildman–Crippen MR) is 82.1 cm³/mol. The van der Waals surface area contributed by atoms with Crippen LogP contribution in [0.2, 0.25) is 0 Å². The lowest BCUT2D eigenvalue weighted by molar-refractivity contribution is -0.116. The second-order valence-electron chi connectivity index (χ2n) is 5.13. The van der Waals surface area contributed by atoms with Crippen LogP contribution >= 0.6 is 11.3 Å². The Labute approximate surface area is 123 Å². The Morgan fingerprint density at radius 3 is 2.80 bits per heavy atom. The first kappa shape index (κ1) is 13.3. The number of hydrogen-bond acceptors (Lipinski definition) is 3. The Kier molecular flexibility index (Phi) is 4.11. The predicted octanol–water partition coefficient (Wildman–Crippen LogP) is 3.59. The van der Waals surface area contributed by atoms with Crippen LogP contribution in [-0.4, -0.2) is 10.9 Å². The van der Waals surface area contributed by atoms with Crippen molar-refractivity contribution in [2.45, 2.75) is 38.5 Å². The van der Waals surface area contributed by atoms with E-state index in [1.54, 1.807) is 11.3 Å². The average Bonchev–Trinajstić information content (AvgIpc) is 2.88. The van der Waals surface area contributed by atoms with Crippen LogP contribution in [0.25, 0.3) is 0 Å². The number of nitrogens with one attached hydrogen (secondary N) is 1. The molecular formula is C16H18N2OS. The molecule has 3 rings (SSSR count). The fraction of sp³-hybridized carbons (Fsp3) is 0.375. The molecule has 104 valence electrons. The summed E-state index contributed by atoms with van der Waals surface area (Å²) in [6, 6.07) is 10.1. The van der Waals surface area contributed by atoms with Crippen molar-refractivity contribution in [3.8, 4) is 0 Å². The molecule has 0 radical (unpaired) electrons. The van der Waals surface area contributed by atoms with Gasteiger partial charge in [0.1, 0.15) is 0 Å². The van der Waals surface area contributed by atoms with E-state index in [1.807, 2.05) is 18.2 Å². The number of rotatable bonds is 4. The quantitative estimate of drug-likeness (QED) is 0.933. The first-order valence-corrected chi connectivity index (χ1v) is 7.95. The third kappa shape index (κ3) is 3.25. The SMILES string of the molecule is O=C(CCc1ccccc1)Nc1nc2c(s1)CCCC2. The molecule has 2 aromatic rings. The number of nitrogens with zero attached hydrogens (tertiary/aromatic N) is 1. The molecule has 0 fully saturated rings. The fourth-order valence-corrected chi connectivity index (χ4v) is 3.56. The second-order valence-corrected chi connectivity index (χ2v) is 6.21. The van der Waals surface area contributed by atoms with Crippen LogP contribution in [0.1, 0.15) is 35.4 Å². The number of benzene rings is 1. The molecule has 3 nitrogen and oxygen atoms in total. The zero-order chi connectivity index (χ0) is 13.8. The summed E-state index contributed by atoms with van der Waals surface area (Å²) in [6.07, 6.45) is 5.93. The molecule has 1 heterocycles. The Morgan fingerprint density at radius 1 is 1.20 bits per heavy atom. The number of aryl methyl sites for hydroxylation is 3. The summed E-state index contributed by atoms with van der Waals surface area (Å²) in [6.45, 7) is 0. The highest BCUT2D eigenvalue weighted by molar-refractivity contribution is 7.15. The number of hydrogen-bond donors (Lipinski definition) is 1. The maximum absolute atomic E-state index is 12.0.